The van der Waals surface area contributed by atoms with Crippen LogP contribution in [0.5, 0.6) is 0 Å². The molecular weight excluding hydrogens is 518 g/mol. The molecule has 212 valence electrons. The van der Waals surface area contributed by atoms with Crippen molar-refractivity contribution in [1.29, 1.82) is 0 Å². The van der Waals surface area contributed by atoms with Gasteiger partial charge in [-0.05, 0) is 53.5 Å². The van der Waals surface area contributed by atoms with Crippen molar-refractivity contribution in [3.8, 4) is 11.1 Å². The van der Waals surface area contributed by atoms with Crippen molar-refractivity contribution in [3.63, 3.8) is 0 Å². The molecule has 1 saturated heterocycles. The number of rotatable bonds is 8. The van der Waals surface area contributed by atoms with E-state index in [1.807, 2.05) is 54.6 Å². The molecule has 0 bridgehead atoms. The van der Waals surface area contributed by atoms with Gasteiger partial charge in [-0.3, -0.25) is 9.69 Å². The number of fused-ring (bicyclic) bond motifs is 3. The number of hydrogen-bond donors (Lipinski definition) is 3. The van der Waals surface area contributed by atoms with Gasteiger partial charge in [-0.25, -0.2) is 9.59 Å². The summed E-state index contributed by atoms with van der Waals surface area (Å²) in [6.45, 7) is 1.73. The number of likely N-dealkylation sites (tertiary alicyclic amines) is 1. The van der Waals surface area contributed by atoms with E-state index in [1.165, 1.54) is 11.1 Å². The Labute approximate surface area is 239 Å². The zero-order valence-corrected chi connectivity index (χ0v) is 22.9. The molecule has 0 aromatic heterocycles. The van der Waals surface area contributed by atoms with Gasteiger partial charge < -0.3 is 20.5 Å². The zero-order valence-electron chi connectivity index (χ0n) is 22.9. The van der Waals surface area contributed by atoms with Crippen molar-refractivity contribution in [3.05, 3.63) is 95.6 Å². The smallest absolute Gasteiger partial charge is 0.407 e. The fourth-order valence-corrected chi connectivity index (χ4v) is 6.69. The number of carboxylic acid groups (broad SMARTS) is 1. The van der Waals surface area contributed by atoms with Crippen LogP contribution in [0.25, 0.3) is 11.1 Å². The van der Waals surface area contributed by atoms with Crippen LogP contribution in [0.1, 0.15) is 48.3 Å². The Morgan fingerprint density at radius 1 is 0.902 bits per heavy atom. The third-order valence-electron chi connectivity index (χ3n) is 8.84. The van der Waals surface area contributed by atoms with E-state index in [-0.39, 0.29) is 36.9 Å². The van der Waals surface area contributed by atoms with Gasteiger partial charge in [0.2, 0.25) is 5.91 Å². The fraction of sp³-hybridized carbons (Fsp3) is 0.364. The van der Waals surface area contributed by atoms with Gasteiger partial charge in [-0.2, -0.15) is 0 Å². The van der Waals surface area contributed by atoms with Crippen molar-refractivity contribution in [1.82, 2.24) is 15.5 Å². The molecular formula is C33H35N3O5. The summed E-state index contributed by atoms with van der Waals surface area (Å²) in [5, 5.41) is 15.9. The molecule has 8 nitrogen and oxygen atoms in total. The molecule has 3 aromatic rings. The maximum Gasteiger partial charge on any atom is 0.407 e. The molecule has 0 radical (unpaired) electrons. The highest BCUT2D eigenvalue weighted by atomic mass is 16.5. The SMILES string of the molecule is O=C(NC1CCC(C(=O)NC2(C(=O)O)CCN(Cc3ccccc3)C2)C1)OCC1c2ccccc2-c2ccccc21. The average molecular weight is 554 g/mol. The Morgan fingerprint density at radius 3 is 2.24 bits per heavy atom. The first-order valence-electron chi connectivity index (χ1n) is 14.3. The van der Waals surface area contributed by atoms with Crippen LogP contribution in [-0.4, -0.2) is 59.3 Å². The summed E-state index contributed by atoms with van der Waals surface area (Å²) in [4.78, 5) is 40.3. The second-order valence-corrected chi connectivity index (χ2v) is 11.5. The highest BCUT2D eigenvalue weighted by Crippen LogP contribution is 2.44. The normalized spacial score (nSPS) is 23.5. The fourth-order valence-electron chi connectivity index (χ4n) is 6.69. The number of alkyl carbamates (subject to hydrolysis) is 1. The standard InChI is InChI=1S/C33H35N3O5/c37-30(35-33(31(38)39)16-17-36(21-33)19-22-8-2-1-3-9-22)23-14-15-24(18-23)34-32(40)41-20-29-27-12-6-4-10-25(27)26-11-5-7-13-28(26)29/h1-13,23-24,29H,14-21H2,(H,34,40)(H,35,37)(H,38,39). The van der Waals surface area contributed by atoms with E-state index in [0.717, 1.165) is 16.7 Å². The number of aliphatic carboxylic acids is 1. The van der Waals surface area contributed by atoms with Gasteiger partial charge in [0, 0.05) is 37.5 Å². The second kappa shape index (κ2) is 11.4. The molecule has 3 unspecified atom stereocenters. The Bertz CT molecular complexity index is 1400. The minimum Gasteiger partial charge on any atom is -0.479 e. The minimum atomic E-state index is -1.30. The first-order chi connectivity index (χ1) is 19.9. The Hall–Kier alpha value is -4.17. The van der Waals surface area contributed by atoms with Gasteiger partial charge in [0.1, 0.15) is 6.61 Å². The van der Waals surface area contributed by atoms with E-state index >= 15 is 0 Å². The summed E-state index contributed by atoms with van der Waals surface area (Å²) < 4.78 is 5.68. The monoisotopic (exact) mass is 553 g/mol. The van der Waals surface area contributed by atoms with Crippen LogP contribution in [0.2, 0.25) is 0 Å². The van der Waals surface area contributed by atoms with E-state index in [0.29, 0.717) is 38.8 Å². The van der Waals surface area contributed by atoms with E-state index in [1.54, 1.807) is 0 Å². The Kier molecular flexibility index (Phi) is 7.49. The topological polar surface area (TPSA) is 108 Å². The number of carbonyl (C=O) groups is 3. The molecule has 3 aromatic carbocycles. The van der Waals surface area contributed by atoms with Crippen LogP contribution in [0, 0.1) is 5.92 Å². The quantitative estimate of drug-likeness (QED) is 0.378. The minimum absolute atomic E-state index is 0.0182. The molecule has 1 heterocycles. The molecule has 41 heavy (non-hydrogen) atoms. The first kappa shape index (κ1) is 27.0. The van der Waals surface area contributed by atoms with Crippen molar-refractivity contribution in [2.75, 3.05) is 19.7 Å². The lowest BCUT2D eigenvalue weighted by molar-refractivity contribution is -0.147. The lowest BCUT2D eigenvalue weighted by Crippen LogP contribution is -2.57. The molecule has 0 spiro atoms. The highest BCUT2D eigenvalue weighted by molar-refractivity contribution is 5.89. The van der Waals surface area contributed by atoms with Gasteiger partial charge in [-0.15, -0.1) is 0 Å². The Morgan fingerprint density at radius 2 is 1.56 bits per heavy atom. The molecule has 6 rings (SSSR count). The number of nitrogens with one attached hydrogen (secondary N) is 2. The van der Waals surface area contributed by atoms with Gasteiger partial charge in [-0.1, -0.05) is 78.9 Å². The summed E-state index contributed by atoms with van der Waals surface area (Å²) >= 11 is 0. The van der Waals surface area contributed by atoms with Gasteiger partial charge in [0.25, 0.3) is 0 Å². The lowest BCUT2D eigenvalue weighted by Gasteiger charge is -2.28. The molecule has 2 amide bonds. The summed E-state index contributed by atoms with van der Waals surface area (Å²) in [6, 6.07) is 26.1. The van der Waals surface area contributed by atoms with Crippen LogP contribution in [0.4, 0.5) is 4.79 Å². The highest BCUT2D eigenvalue weighted by Gasteiger charge is 2.47. The number of hydrogen-bond acceptors (Lipinski definition) is 5. The predicted octanol–water partition coefficient (Wildman–Crippen LogP) is 4.54. The second-order valence-electron chi connectivity index (χ2n) is 11.5. The summed E-state index contributed by atoms with van der Waals surface area (Å²) in [5.41, 5.74) is 4.46. The zero-order chi connectivity index (χ0) is 28.4. The van der Waals surface area contributed by atoms with Crippen molar-refractivity contribution in [2.45, 2.75) is 49.7 Å². The van der Waals surface area contributed by atoms with Crippen LogP contribution in [0.15, 0.2) is 78.9 Å². The summed E-state index contributed by atoms with van der Waals surface area (Å²) in [6.07, 6.45) is 1.55. The van der Waals surface area contributed by atoms with Crippen molar-refractivity contribution >= 4 is 18.0 Å². The largest absolute Gasteiger partial charge is 0.479 e. The third kappa shape index (κ3) is 5.57. The van der Waals surface area contributed by atoms with Gasteiger partial charge >= 0.3 is 12.1 Å². The third-order valence-corrected chi connectivity index (χ3v) is 8.84. The molecule has 3 aliphatic rings. The summed E-state index contributed by atoms with van der Waals surface area (Å²) in [7, 11) is 0. The molecule has 3 N–H and O–H groups in total. The first-order valence-corrected chi connectivity index (χ1v) is 14.3. The number of amides is 2. The maximum atomic E-state index is 13.2. The summed E-state index contributed by atoms with van der Waals surface area (Å²) in [5.74, 6) is -1.64. The van der Waals surface area contributed by atoms with Crippen LogP contribution in [-0.2, 0) is 20.9 Å². The van der Waals surface area contributed by atoms with Gasteiger partial charge in [0.15, 0.2) is 5.54 Å². The van der Waals surface area contributed by atoms with Crippen LogP contribution < -0.4 is 10.6 Å². The van der Waals surface area contributed by atoms with E-state index in [2.05, 4.69) is 39.8 Å². The molecule has 3 atom stereocenters. The lowest BCUT2D eigenvalue weighted by atomic mass is 9.96. The number of carbonyl (C=O) groups excluding carboxylic acids is 2. The molecule has 2 fully saturated rings. The van der Waals surface area contributed by atoms with Crippen LogP contribution >= 0.6 is 0 Å². The number of ether oxygens (including phenoxy) is 1. The molecule has 2 aliphatic carbocycles. The number of benzene rings is 3. The van der Waals surface area contributed by atoms with Crippen molar-refractivity contribution < 1.29 is 24.2 Å². The molecule has 1 aliphatic heterocycles. The molecule has 8 heteroatoms. The van der Waals surface area contributed by atoms with Crippen LogP contribution in [0.3, 0.4) is 0 Å². The van der Waals surface area contributed by atoms with Gasteiger partial charge in [0.05, 0.1) is 0 Å². The predicted molar refractivity (Wildman–Crippen MR) is 154 cm³/mol. The average Bonchev–Trinajstić information content (AvgIpc) is 3.69. The van der Waals surface area contributed by atoms with Crippen molar-refractivity contribution in [2.24, 2.45) is 5.92 Å². The maximum absolute atomic E-state index is 13.2. The number of nitrogens with zero attached hydrogens (tertiary/aromatic N) is 1. The molecule has 1 saturated carbocycles. The number of carboxylic acids is 1. The van der Waals surface area contributed by atoms with E-state index in [4.69, 9.17) is 4.74 Å². The van der Waals surface area contributed by atoms with E-state index in [9.17, 15) is 19.5 Å². The Balaban J connectivity index is 1.01. The van der Waals surface area contributed by atoms with E-state index < -0.39 is 17.6 Å².